The Balaban J connectivity index is 1.97. The van der Waals surface area contributed by atoms with Gasteiger partial charge in [0.2, 0.25) is 0 Å². The predicted octanol–water partition coefficient (Wildman–Crippen LogP) is 3.25. The maximum absolute atomic E-state index is 12.0. The zero-order chi connectivity index (χ0) is 15.4. The van der Waals surface area contributed by atoms with Crippen LogP contribution in [-0.4, -0.2) is 17.6 Å². The highest BCUT2D eigenvalue weighted by Crippen LogP contribution is 2.24. The maximum Gasteiger partial charge on any atom is 0.255 e. The van der Waals surface area contributed by atoms with Gasteiger partial charge in [0.25, 0.3) is 5.91 Å². The SMILES string of the molecule is Nc1cccc(C(=O)NCCc2ccc(Cl)cc2Cl)c1O. The van der Waals surface area contributed by atoms with E-state index < -0.39 is 0 Å². The highest BCUT2D eigenvalue weighted by molar-refractivity contribution is 6.35. The fourth-order valence-electron chi connectivity index (χ4n) is 1.87. The van der Waals surface area contributed by atoms with Gasteiger partial charge < -0.3 is 16.2 Å². The third-order valence-corrected chi connectivity index (χ3v) is 3.59. The van der Waals surface area contributed by atoms with Gasteiger partial charge in [0.15, 0.2) is 5.75 Å². The minimum atomic E-state index is -0.384. The Morgan fingerprint density at radius 1 is 1.24 bits per heavy atom. The van der Waals surface area contributed by atoms with E-state index in [1.807, 2.05) is 6.07 Å². The van der Waals surface area contributed by atoms with Crippen LogP contribution in [0.3, 0.4) is 0 Å². The number of aromatic hydroxyl groups is 1. The molecule has 2 rings (SSSR count). The van der Waals surface area contributed by atoms with E-state index in [9.17, 15) is 9.90 Å². The van der Waals surface area contributed by atoms with E-state index >= 15 is 0 Å². The van der Waals surface area contributed by atoms with Crippen LogP contribution in [0.2, 0.25) is 10.0 Å². The van der Waals surface area contributed by atoms with E-state index in [1.165, 1.54) is 12.1 Å². The fraction of sp³-hybridized carbons (Fsp3) is 0.133. The zero-order valence-corrected chi connectivity index (χ0v) is 12.6. The molecule has 2 aromatic rings. The first-order chi connectivity index (χ1) is 9.99. The quantitative estimate of drug-likeness (QED) is 0.597. The number of phenols is 1. The summed E-state index contributed by atoms with van der Waals surface area (Å²) in [7, 11) is 0. The molecule has 0 radical (unpaired) electrons. The summed E-state index contributed by atoms with van der Waals surface area (Å²) in [5.74, 6) is -0.593. The molecule has 2 aromatic carbocycles. The standard InChI is InChI=1S/C15H14Cl2N2O2/c16-10-5-4-9(12(17)8-10)6-7-19-15(21)11-2-1-3-13(18)14(11)20/h1-5,8,20H,6-7,18H2,(H,19,21). The maximum atomic E-state index is 12.0. The number of phenolic OH excluding ortho intramolecular Hbond substituents is 1. The number of nitrogens with two attached hydrogens (primary N) is 1. The summed E-state index contributed by atoms with van der Waals surface area (Å²) < 4.78 is 0. The highest BCUT2D eigenvalue weighted by atomic mass is 35.5. The van der Waals surface area contributed by atoms with E-state index in [0.717, 1.165) is 5.56 Å². The molecule has 0 spiro atoms. The average molecular weight is 325 g/mol. The van der Waals surface area contributed by atoms with Crippen molar-refractivity contribution >= 4 is 34.8 Å². The zero-order valence-electron chi connectivity index (χ0n) is 11.1. The van der Waals surface area contributed by atoms with Gasteiger partial charge in [-0.1, -0.05) is 35.3 Å². The molecule has 0 fully saturated rings. The van der Waals surface area contributed by atoms with Gasteiger partial charge in [0.05, 0.1) is 11.3 Å². The Morgan fingerprint density at radius 3 is 2.71 bits per heavy atom. The Labute approximate surface area is 132 Å². The Morgan fingerprint density at radius 2 is 2.00 bits per heavy atom. The lowest BCUT2D eigenvalue weighted by molar-refractivity contribution is 0.0951. The number of benzene rings is 2. The normalized spacial score (nSPS) is 10.4. The van der Waals surface area contributed by atoms with Crippen molar-refractivity contribution in [2.45, 2.75) is 6.42 Å². The first kappa shape index (κ1) is 15.5. The number of nitrogens with one attached hydrogen (secondary N) is 1. The lowest BCUT2D eigenvalue weighted by Gasteiger charge is -2.09. The van der Waals surface area contributed by atoms with Crippen LogP contribution < -0.4 is 11.1 Å². The number of para-hydroxylation sites is 1. The largest absolute Gasteiger partial charge is 0.505 e. The first-order valence-electron chi connectivity index (χ1n) is 6.28. The molecule has 0 aromatic heterocycles. The third-order valence-electron chi connectivity index (χ3n) is 3.01. The summed E-state index contributed by atoms with van der Waals surface area (Å²) in [5, 5.41) is 13.6. The van der Waals surface area contributed by atoms with Gasteiger partial charge in [0, 0.05) is 16.6 Å². The average Bonchev–Trinajstić information content (AvgIpc) is 2.44. The van der Waals surface area contributed by atoms with Gasteiger partial charge in [-0.25, -0.2) is 0 Å². The van der Waals surface area contributed by atoms with Gasteiger partial charge >= 0.3 is 0 Å². The highest BCUT2D eigenvalue weighted by Gasteiger charge is 2.12. The van der Waals surface area contributed by atoms with E-state index in [-0.39, 0.29) is 22.9 Å². The second kappa shape index (κ2) is 6.70. The fourth-order valence-corrected chi connectivity index (χ4v) is 2.38. The van der Waals surface area contributed by atoms with Crippen LogP contribution in [-0.2, 0) is 6.42 Å². The van der Waals surface area contributed by atoms with Gasteiger partial charge in [-0.3, -0.25) is 4.79 Å². The summed E-state index contributed by atoms with van der Waals surface area (Å²) in [6.45, 7) is 0.383. The minimum Gasteiger partial charge on any atom is -0.505 e. The molecule has 0 aliphatic heterocycles. The molecular formula is C15H14Cl2N2O2. The summed E-state index contributed by atoms with van der Waals surface area (Å²) in [4.78, 5) is 12.0. The van der Waals surface area contributed by atoms with E-state index in [0.29, 0.717) is 23.0 Å². The van der Waals surface area contributed by atoms with Gasteiger partial charge in [-0.2, -0.15) is 0 Å². The van der Waals surface area contributed by atoms with Gasteiger partial charge in [-0.15, -0.1) is 0 Å². The molecule has 0 aliphatic rings. The number of hydrogen-bond acceptors (Lipinski definition) is 3. The van der Waals surface area contributed by atoms with Crippen LogP contribution in [0, 0.1) is 0 Å². The van der Waals surface area contributed by atoms with Crippen molar-refractivity contribution in [1.29, 1.82) is 0 Å². The van der Waals surface area contributed by atoms with Crippen LogP contribution in [0.4, 0.5) is 5.69 Å². The Hall–Kier alpha value is -1.91. The van der Waals surface area contributed by atoms with Crippen LogP contribution >= 0.6 is 23.2 Å². The number of amides is 1. The Kier molecular flexibility index (Phi) is 4.94. The molecule has 0 atom stereocenters. The molecule has 0 heterocycles. The smallest absolute Gasteiger partial charge is 0.255 e. The molecule has 6 heteroatoms. The van der Waals surface area contributed by atoms with E-state index in [1.54, 1.807) is 18.2 Å². The molecule has 1 amide bonds. The summed E-state index contributed by atoms with van der Waals surface area (Å²) in [5.41, 5.74) is 6.76. The molecular weight excluding hydrogens is 311 g/mol. The first-order valence-corrected chi connectivity index (χ1v) is 7.04. The number of anilines is 1. The predicted molar refractivity (Wildman–Crippen MR) is 85.0 cm³/mol. The van der Waals surface area contributed by atoms with Crippen molar-refractivity contribution in [2.24, 2.45) is 0 Å². The molecule has 4 N–H and O–H groups in total. The number of nitrogen functional groups attached to an aromatic ring is 1. The van der Waals surface area contributed by atoms with Gasteiger partial charge in [0.1, 0.15) is 0 Å². The van der Waals surface area contributed by atoms with E-state index in [4.69, 9.17) is 28.9 Å². The van der Waals surface area contributed by atoms with Crippen molar-refractivity contribution in [3.05, 3.63) is 57.6 Å². The molecule has 110 valence electrons. The van der Waals surface area contributed by atoms with Crippen molar-refractivity contribution in [2.75, 3.05) is 12.3 Å². The van der Waals surface area contributed by atoms with E-state index in [2.05, 4.69) is 5.32 Å². The molecule has 0 unspecified atom stereocenters. The van der Waals surface area contributed by atoms with Crippen molar-refractivity contribution in [1.82, 2.24) is 5.32 Å². The summed E-state index contributed by atoms with van der Waals surface area (Å²) >= 11 is 11.9. The van der Waals surface area contributed by atoms with Crippen LogP contribution in [0.15, 0.2) is 36.4 Å². The number of hydrogen-bond donors (Lipinski definition) is 3. The third kappa shape index (κ3) is 3.80. The molecule has 0 bridgehead atoms. The minimum absolute atomic E-state index is 0.150. The van der Waals surface area contributed by atoms with Crippen molar-refractivity contribution < 1.29 is 9.90 Å². The number of halogens is 2. The molecule has 21 heavy (non-hydrogen) atoms. The lowest BCUT2D eigenvalue weighted by Crippen LogP contribution is -2.26. The molecule has 0 aliphatic carbocycles. The monoisotopic (exact) mass is 324 g/mol. The molecule has 4 nitrogen and oxygen atoms in total. The Bertz CT molecular complexity index is 675. The molecule has 0 saturated carbocycles. The molecule has 0 saturated heterocycles. The van der Waals surface area contributed by atoms with Crippen LogP contribution in [0.5, 0.6) is 5.75 Å². The van der Waals surface area contributed by atoms with Crippen LogP contribution in [0.25, 0.3) is 0 Å². The van der Waals surface area contributed by atoms with Gasteiger partial charge in [-0.05, 0) is 36.2 Å². The second-order valence-corrected chi connectivity index (χ2v) is 5.33. The summed E-state index contributed by atoms with van der Waals surface area (Å²) in [6.07, 6.45) is 0.560. The summed E-state index contributed by atoms with van der Waals surface area (Å²) in [6, 6.07) is 9.86. The number of rotatable bonds is 4. The second-order valence-electron chi connectivity index (χ2n) is 4.49. The van der Waals surface area contributed by atoms with Crippen molar-refractivity contribution in [3.8, 4) is 5.75 Å². The number of carbonyl (C=O) groups excluding carboxylic acids is 1. The lowest BCUT2D eigenvalue weighted by atomic mass is 10.1. The topological polar surface area (TPSA) is 75.4 Å². The van der Waals surface area contributed by atoms with Crippen LogP contribution in [0.1, 0.15) is 15.9 Å². The number of carbonyl (C=O) groups is 1. The van der Waals surface area contributed by atoms with Crippen molar-refractivity contribution in [3.63, 3.8) is 0 Å².